The molecule has 5 rings (SSSR count). The molecular formula is C21H22F3N3O. The van der Waals surface area contributed by atoms with Crippen LogP contribution in [0.15, 0.2) is 42.5 Å². The number of halogens is 3. The number of carbonyl (C=O) groups is 1. The van der Waals surface area contributed by atoms with E-state index in [1.807, 2.05) is 30.0 Å². The van der Waals surface area contributed by atoms with E-state index in [1.54, 1.807) is 0 Å². The average Bonchev–Trinajstić information content (AvgIpc) is 2.61. The summed E-state index contributed by atoms with van der Waals surface area (Å²) in [4.78, 5) is 21.4. The van der Waals surface area contributed by atoms with Crippen LogP contribution in [-0.4, -0.2) is 45.9 Å². The van der Waals surface area contributed by atoms with Gasteiger partial charge in [-0.25, -0.2) is 0 Å². The zero-order valence-electron chi connectivity index (χ0n) is 15.6. The van der Waals surface area contributed by atoms with Crippen LogP contribution in [-0.2, 0) is 23.9 Å². The molecule has 2 unspecified atom stereocenters. The highest BCUT2D eigenvalue weighted by Gasteiger charge is 2.46. The predicted octanol–water partition coefficient (Wildman–Crippen LogP) is 3.44. The monoisotopic (exact) mass is 389 g/mol. The molecule has 0 saturated carbocycles. The van der Waals surface area contributed by atoms with Crippen molar-refractivity contribution in [3.63, 3.8) is 0 Å². The SMILES string of the molecule is Cc1cccc(CN2CC3CC(C2)N3C(=O)Cc2ccc(C(F)(F)F)cc2)n1. The Labute approximate surface area is 162 Å². The van der Waals surface area contributed by atoms with E-state index in [0.717, 1.165) is 49.6 Å². The first-order valence-corrected chi connectivity index (χ1v) is 9.42. The molecule has 0 spiro atoms. The number of hydrogen-bond donors (Lipinski definition) is 0. The normalized spacial score (nSPS) is 22.1. The molecule has 0 N–H and O–H groups in total. The Bertz CT molecular complexity index is 854. The van der Waals surface area contributed by atoms with Crippen LogP contribution >= 0.6 is 0 Å². The molecule has 0 radical (unpaired) electrons. The van der Waals surface area contributed by atoms with E-state index in [-0.39, 0.29) is 24.4 Å². The summed E-state index contributed by atoms with van der Waals surface area (Å²) in [5.74, 6) is -0.00524. The topological polar surface area (TPSA) is 36.4 Å². The van der Waals surface area contributed by atoms with Gasteiger partial charge in [-0.3, -0.25) is 14.7 Å². The van der Waals surface area contributed by atoms with Gasteiger partial charge < -0.3 is 4.90 Å². The fourth-order valence-corrected chi connectivity index (χ4v) is 4.23. The lowest BCUT2D eigenvalue weighted by Gasteiger charge is -2.56. The van der Waals surface area contributed by atoms with Gasteiger partial charge in [0.15, 0.2) is 0 Å². The lowest BCUT2D eigenvalue weighted by atomic mass is 9.86. The van der Waals surface area contributed by atoms with Crippen LogP contribution in [0.2, 0.25) is 0 Å². The molecule has 0 aliphatic carbocycles. The minimum atomic E-state index is -4.35. The van der Waals surface area contributed by atoms with Gasteiger partial charge in [-0.05, 0) is 43.2 Å². The summed E-state index contributed by atoms with van der Waals surface area (Å²) in [6.07, 6.45) is -3.21. The Kier molecular flexibility index (Phi) is 4.87. The summed E-state index contributed by atoms with van der Waals surface area (Å²) < 4.78 is 38.0. The van der Waals surface area contributed by atoms with Crippen molar-refractivity contribution in [2.24, 2.45) is 0 Å². The molecule has 3 saturated heterocycles. The second-order valence-corrected chi connectivity index (χ2v) is 7.68. The third kappa shape index (κ3) is 3.90. The molecule has 4 heterocycles. The van der Waals surface area contributed by atoms with Crippen LogP contribution in [0.5, 0.6) is 0 Å². The highest BCUT2D eigenvalue weighted by Crippen LogP contribution is 2.34. The second kappa shape index (κ2) is 7.20. The zero-order chi connectivity index (χ0) is 19.9. The number of piperidine rings is 1. The van der Waals surface area contributed by atoms with E-state index < -0.39 is 11.7 Å². The number of alkyl halides is 3. The molecule has 1 amide bonds. The van der Waals surface area contributed by atoms with Gasteiger partial charge in [-0.15, -0.1) is 0 Å². The van der Waals surface area contributed by atoms with Gasteiger partial charge in [0.1, 0.15) is 0 Å². The maximum Gasteiger partial charge on any atom is 0.416 e. The minimum absolute atomic E-state index is 0.00524. The number of aryl methyl sites for hydroxylation is 1. The van der Waals surface area contributed by atoms with Gasteiger partial charge >= 0.3 is 6.18 Å². The molecule has 2 atom stereocenters. The van der Waals surface area contributed by atoms with Gasteiger partial charge in [-0.1, -0.05) is 18.2 Å². The number of amides is 1. The molecule has 3 aliphatic heterocycles. The average molecular weight is 389 g/mol. The summed E-state index contributed by atoms with van der Waals surface area (Å²) in [5.41, 5.74) is 1.95. The molecule has 28 heavy (non-hydrogen) atoms. The van der Waals surface area contributed by atoms with E-state index in [9.17, 15) is 18.0 Å². The van der Waals surface area contributed by atoms with Crippen molar-refractivity contribution in [1.82, 2.24) is 14.8 Å². The predicted molar refractivity (Wildman–Crippen MR) is 98.4 cm³/mol. The van der Waals surface area contributed by atoms with Crippen molar-refractivity contribution in [2.75, 3.05) is 13.1 Å². The van der Waals surface area contributed by atoms with Gasteiger partial charge in [0.25, 0.3) is 0 Å². The fraction of sp³-hybridized carbons (Fsp3) is 0.429. The van der Waals surface area contributed by atoms with Crippen molar-refractivity contribution in [1.29, 1.82) is 0 Å². The van der Waals surface area contributed by atoms with Crippen molar-refractivity contribution in [3.05, 3.63) is 65.0 Å². The van der Waals surface area contributed by atoms with Crippen LogP contribution in [0.25, 0.3) is 0 Å². The standard InChI is InChI=1S/C21H22F3N3O/c1-14-3-2-4-17(25-14)11-26-12-18-10-19(13-26)27(18)20(28)9-15-5-7-16(8-6-15)21(22,23)24/h2-8,18-19H,9-13H2,1H3. The van der Waals surface area contributed by atoms with Gasteiger partial charge in [0.2, 0.25) is 5.91 Å². The number of piperazine rings is 1. The minimum Gasteiger partial charge on any atom is -0.334 e. The lowest BCUT2D eigenvalue weighted by Crippen LogP contribution is -2.70. The molecule has 2 aromatic rings. The molecule has 1 aromatic carbocycles. The quantitative estimate of drug-likeness (QED) is 0.804. The van der Waals surface area contributed by atoms with Gasteiger partial charge in [0, 0.05) is 37.4 Å². The number of benzene rings is 1. The molecule has 1 aromatic heterocycles. The van der Waals surface area contributed by atoms with Gasteiger partial charge in [-0.2, -0.15) is 13.2 Å². The summed E-state index contributed by atoms with van der Waals surface area (Å²) in [7, 11) is 0. The second-order valence-electron chi connectivity index (χ2n) is 7.68. The Hall–Kier alpha value is -2.41. The Morgan fingerprint density at radius 2 is 1.79 bits per heavy atom. The van der Waals surface area contributed by atoms with Crippen molar-refractivity contribution < 1.29 is 18.0 Å². The van der Waals surface area contributed by atoms with Gasteiger partial charge in [0.05, 0.1) is 17.7 Å². The third-order valence-corrected chi connectivity index (χ3v) is 5.53. The third-order valence-electron chi connectivity index (χ3n) is 5.53. The van der Waals surface area contributed by atoms with Crippen LogP contribution in [0, 0.1) is 6.92 Å². The summed E-state index contributed by atoms with van der Waals surface area (Å²) >= 11 is 0. The zero-order valence-corrected chi connectivity index (χ0v) is 15.6. The van der Waals surface area contributed by atoms with Crippen LogP contribution in [0.1, 0.15) is 28.9 Å². The number of aromatic nitrogens is 1. The maximum absolute atomic E-state index is 12.7. The molecule has 4 nitrogen and oxygen atoms in total. The summed E-state index contributed by atoms with van der Waals surface area (Å²) in [6.45, 7) is 4.37. The van der Waals surface area contributed by atoms with E-state index in [2.05, 4.69) is 9.88 Å². The van der Waals surface area contributed by atoms with Crippen molar-refractivity contribution in [2.45, 2.75) is 44.6 Å². The molecule has 3 aliphatic rings. The highest BCUT2D eigenvalue weighted by atomic mass is 19.4. The number of fused-ring (bicyclic) bond motifs is 2. The Morgan fingerprint density at radius 1 is 1.11 bits per heavy atom. The number of rotatable bonds is 4. The van der Waals surface area contributed by atoms with Crippen molar-refractivity contribution in [3.8, 4) is 0 Å². The molecule has 2 bridgehead atoms. The maximum atomic E-state index is 12.7. The largest absolute Gasteiger partial charge is 0.416 e. The number of nitrogens with zero attached hydrogens (tertiary/aromatic N) is 3. The van der Waals surface area contributed by atoms with Crippen LogP contribution in [0.4, 0.5) is 13.2 Å². The summed E-state index contributed by atoms with van der Waals surface area (Å²) in [5, 5.41) is 0. The number of pyridine rings is 1. The number of carbonyl (C=O) groups excluding carboxylic acids is 1. The first-order valence-electron chi connectivity index (χ1n) is 9.42. The van der Waals surface area contributed by atoms with E-state index in [4.69, 9.17) is 0 Å². The molecule has 148 valence electrons. The Morgan fingerprint density at radius 3 is 2.39 bits per heavy atom. The fourth-order valence-electron chi connectivity index (χ4n) is 4.23. The van der Waals surface area contributed by atoms with Crippen molar-refractivity contribution >= 4 is 5.91 Å². The first kappa shape index (κ1) is 18.9. The molecular weight excluding hydrogens is 367 g/mol. The van der Waals surface area contributed by atoms with Crippen LogP contribution in [0.3, 0.4) is 0 Å². The van der Waals surface area contributed by atoms with E-state index in [0.29, 0.717) is 5.56 Å². The smallest absolute Gasteiger partial charge is 0.334 e. The van der Waals surface area contributed by atoms with Crippen LogP contribution < -0.4 is 0 Å². The lowest BCUT2D eigenvalue weighted by molar-refractivity contribution is -0.153. The van der Waals surface area contributed by atoms with E-state index in [1.165, 1.54) is 12.1 Å². The first-order chi connectivity index (χ1) is 13.3. The molecule has 3 fully saturated rings. The van der Waals surface area contributed by atoms with E-state index >= 15 is 0 Å². The molecule has 7 heteroatoms. The highest BCUT2D eigenvalue weighted by molar-refractivity contribution is 5.80. The number of hydrogen-bond acceptors (Lipinski definition) is 3. The summed E-state index contributed by atoms with van der Waals surface area (Å²) in [6, 6.07) is 11.2. The Balaban J connectivity index is 1.34.